The van der Waals surface area contributed by atoms with E-state index < -0.39 is 10.0 Å². The first-order valence-corrected chi connectivity index (χ1v) is 14.2. The van der Waals surface area contributed by atoms with Gasteiger partial charge in [0.1, 0.15) is 5.58 Å². The molecule has 0 N–H and O–H groups in total. The number of sulfonamides is 1. The van der Waals surface area contributed by atoms with Gasteiger partial charge in [-0.15, -0.1) is 0 Å². The van der Waals surface area contributed by atoms with Crippen molar-refractivity contribution in [2.75, 3.05) is 20.2 Å². The topological polar surface area (TPSA) is 108 Å². The summed E-state index contributed by atoms with van der Waals surface area (Å²) < 4.78 is 51.3. The first-order valence-electron chi connectivity index (χ1n) is 12.8. The molecule has 10 heteroatoms. The molecule has 1 fully saturated rings. The van der Waals surface area contributed by atoms with Crippen LogP contribution >= 0.6 is 0 Å². The second kappa shape index (κ2) is 10.1. The average Bonchev–Trinajstić information content (AvgIpc) is 3.48. The molecule has 202 valence electrons. The van der Waals surface area contributed by atoms with Gasteiger partial charge in [0, 0.05) is 29.6 Å². The van der Waals surface area contributed by atoms with E-state index in [1.165, 1.54) is 0 Å². The van der Waals surface area contributed by atoms with Gasteiger partial charge >= 0.3 is 0 Å². The van der Waals surface area contributed by atoms with Crippen LogP contribution in [0.1, 0.15) is 39.7 Å². The third kappa shape index (κ3) is 4.90. The standard InChI is InChI=1S/C28H33N3O6S/c1-16(2)35-24-9-7-20(12-25(24)34-6)27-29-28(37-30-27)26-19(5)22-13-21(8-10-23(22)36-26)38(32,33)31-14-17(3)11-18(4)15-31/h7-10,12-13,16-18H,11,14-15H2,1-6H3. The van der Waals surface area contributed by atoms with E-state index in [2.05, 4.69) is 24.0 Å². The Morgan fingerprint density at radius 2 is 1.79 bits per heavy atom. The number of hydrogen-bond donors (Lipinski definition) is 0. The molecule has 1 aliphatic rings. The van der Waals surface area contributed by atoms with Gasteiger partial charge in [-0.2, -0.15) is 9.29 Å². The molecule has 4 aromatic rings. The van der Waals surface area contributed by atoms with E-state index in [4.69, 9.17) is 18.4 Å². The highest BCUT2D eigenvalue weighted by Gasteiger charge is 2.32. The predicted octanol–water partition coefficient (Wildman–Crippen LogP) is 5.92. The van der Waals surface area contributed by atoms with E-state index in [1.54, 1.807) is 35.7 Å². The van der Waals surface area contributed by atoms with Gasteiger partial charge in [0.05, 0.1) is 18.1 Å². The summed E-state index contributed by atoms with van der Waals surface area (Å²) in [7, 11) is -2.05. The summed E-state index contributed by atoms with van der Waals surface area (Å²) in [5, 5.41) is 4.82. The number of aryl methyl sites for hydroxylation is 1. The molecule has 2 unspecified atom stereocenters. The van der Waals surface area contributed by atoms with Crippen molar-refractivity contribution in [2.45, 2.75) is 52.0 Å². The zero-order valence-corrected chi connectivity index (χ0v) is 23.3. The molecule has 2 aromatic heterocycles. The van der Waals surface area contributed by atoms with Gasteiger partial charge in [-0.3, -0.25) is 0 Å². The molecule has 9 nitrogen and oxygen atoms in total. The second-order valence-electron chi connectivity index (χ2n) is 10.4. The Hall–Kier alpha value is -3.37. The lowest BCUT2D eigenvalue weighted by molar-refractivity contribution is 0.222. The van der Waals surface area contributed by atoms with Gasteiger partial charge < -0.3 is 18.4 Å². The van der Waals surface area contributed by atoms with Crippen LogP contribution in [0.3, 0.4) is 0 Å². The molecule has 3 heterocycles. The Kier molecular flexibility index (Phi) is 6.96. The zero-order valence-electron chi connectivity index (χ0n) is 22.5. The Balaban J connectivity index is 1.46. The van der Waals surface area contributed by atoms with Gasteiger partial charge in [-0.05, 0) is 75.4 Å². The number of rotatable bonds is 7. The Labute approximate surface area is 222 Å². The number of hydrogen-bond acceptors (Lipinski definition) is 8. The van der Waals surface area contributed by atoms with Crippen LogP contribution in [0.5, 0.6) is 11.5 Å². The van der Waals surface area contributed by atoms with E-state index >= 15 is 0 Å². The number of piperidine rings is 1. The summed E-state index contributed by atoms with van der Waals surface area (Å²) >= 11 is 0. The number of fused-ring (bicyclic) bond motifs is 1. The van der Waals surface area contributed by atoms with Crippen LogP contribution in [0, 0.1) is 18.8 Å². The fourth-order valence-corrected chi connectivity index (χ4v) is 6.81. The first-order chi connectivity index (χ1) is 18.1. The smallest absolute Gasteiger partial charge is 0.294 e. The maximum Gasteiger partial charge on any atom is 0.294 e. The molecule has 0 radical (unpaired) electrons. The van der Waals surface area contributed by atoms with E-state index in [0.29, 0.717) is 64.5 Å². The lowest BCUT2D eigenvalue weighted by atomic mass is 9.94. The molecule has 0 amide bonds. The van der Waals surface area contributed by atoms with Crippen LogP contribution in [0.15, 0.2) is 50.2 Å². The van der Waals surface area contributed by atoms with E-state index in [1.807, 2.05) is 32.9 Å². The van der Waals surface area contributed by atoms with Crippen molar-refractivity contribution in [3.8, 4) is 34.5 Å². The minimum absolute atomic E-state index is 0.00469. The fraction of sp³-hybridized carbons (Fsp3) is 0.429. The minimum atomic E-state index is -3.62. The number of furan rings is 1. The van der Waals surface area contributed by atoms with Crippen molar-refractivity contribution >= 4 is 21.0 Å². The van der Waals surface area contributed by atoms with E-state index in [0.717, 1.165) is 12.0 Å². The lowest BCUT2D eigenvalue weighted by Crippen LogP contribution is -2.42. The van der Waals surface area contributed by atoms with Crippen LogP contribution in [-0.4, -0.2) is 49.2 Å². The summed E-state index contributed by atoms with van der Waals surface area (Å²) in [4.78, 5) is 4.79. The predicted molar refractivity (Wildman–Crippen MR) is 144 cm³/mol. The number of aromatic nitrogens is 2. The molecule has 38 heavy (non-hydrogen) atoms. The van der Waals surface area contributed by atoms with E-state index in [-0.39, 0.29) is 16.9 Å². The molecule has 1 aliphatic heterocycles. The largest absolute Gasteiger partial charge is 0.493 e. The number of ether oxygens (including phenoxy) is 2. The first kappa shape index (κ1) is 26.2. The second-order valence-corrected chi connectivity index (χ2v) is 12.4. The third-order valence-corrected chi connectivity index (χ3v) is 8.61. The van der Waals surface area contributed by atoms with Crippen LogP contribution in [-0.2, 0) is 10.0 Å². The number of nitrogens with zero attached hydrogens (tertiary/aromatic N) is 3. The summed E-state index contributed by atoms with van der Waals surface area (Å²) in [6, 6.07) is 10.4. The lowest BCUT2D eigenvalue weighted by Gasteiger charge is -2.34. The normalized spacial score (nSPS) is 18.8. The quantitative estimate of drug-likeness (QED) is 0.285. The molecule has 0 spiro atoms. The Morgan fingerprint density at radius 1 is 1.05 bits per heavy atom. The molecule has 5 rings (SSSR count). The molecule has 0 bridgehead atoms. The Morgan fingerprint density at radius 3 is 2.47 bits per heavy atom. The van der Waals surface area contributed by atoms with Crippen molar-refractivity contribution in [3.63, 3.8) is 0 Å². The highest BCUT2D eigenvalue weighted by molar-refractivity contribution is 7.89. The van der Waals surface area contributed by atoms with Crippen molar-refractivity contribution in [1.82, 2.24) is 14.4 Å². The molecule has 2 atom stereocenters. The van der Waals surface area contributed by atoms with E-state index in [9.17, 15) is 8.42 Å². The highest BCUT2D eigenvalue weighted by atomic mass is 32.2. The van der Waals surface area contributed by atoms with Gasteiger partial charge in [-0.1, -0.05) is 19.0 Å². The van der Waals surface area contributed by atoms with Crippen molar-refractivity contribution in [3.05, 3.63) is 42.0 Å². The van der Waals surface area contributed by atoms with Gasteiger partial charge in [0.25, 0.3) is 5.89 Å². The maximum absolute atomic E-state index is 13.4. The van der Waals surface area contributed by atoms with Crippen LogP contribution in [0.2, 0.25) is 0 Å². The van der Waals surface area contributed by atoms with Gasteiger partial charge in [0.15, 0.2) is 17.3 Å². The van der Waals surface area contributed by atoms with Crippen LogP contribution in [0.25, 0.3) is 34.0 Å². The summed E-state index contributed by atoms with van der Waals surface area (Å²) in [6.45, 7) is 11.0. The van der Waals surface area contributed by atoms with Crippen molar-refractivity contribution in [1.29, 1.82) is 0 Å². The van der Waals surface area contributed by atoms with Crippen molar-refractivity contribution < 1.29 is 26.8 Å². The Bertz CT molecular complexity index is 1560. The molecule has 0 aliphatic carbocycles. The molecule has 1 saturated heterocycles. The molecule has 0 saturated carbocycles. The van der Waals surface area contributed by atoms with Crippen LogP contribution < -0.4 is 9.47 Å². The van der Waals surface area contributed by atoms with Crippen LogP contribution in [0.4, 0.5) is 0 Å². The van der Waals surface area contributed by atoms with Gasteiger partial charge in [0.2, 0.25) is 15.8 Å². The number of methoxy groups -OCH3 is 1. The maximum atomic E-state index is 13.4. The summed E-state index contributed by atoms with van der Waals surface area (Å²) in [6.07, 6.45) is 1.04. The fourth-order valence-electron chi connectivity index (χ4n) is 5.11. The van der Waals surface area contributed by atoms with Gasteiger partial charge in [-0.25, -0.2) is 8.42 Å². The SMILES string of the molecule is COc1cc(-c2noc(-c3oc4ccc(S(=O)(=O)N5CC(C)CC(C)C5)cc4c3C)n2)ccc1OC(C)C. The van der Waals surface area contributed by atoms with Crippen molar-refractivity contribution in [2.24, 2.45) is 11.8 Å². The number of benzene rings is 2. The molecular weight excluding hydrogens is 506 g/mol. The monoisotopic (exact) mass is 539 g/mol. The minimum Gasteiger partial charge on any atom is -0.493 e. The summed E-state index contributed by atoms with van der Waals surface area (Å²) in [5.41, 5.74) is 1.97. The third-order valence-electron chi connectivity index (χ3n) is 6.79. The molecular formula is C28H33N3O6S. The summed E-state index contributed by atoms with van der Waals surface area (Å²) in [5.74, 6) is 2.82. The highest BCUT2D eigenvalue weighted by Crippen LogP contribution is 2.37. The molecule has 2 aromatic carbocycles. The zero-order chi connectivity index (χ0) is 27.2. The average molecular weight is 540 g/mol.